The summed E-state index contributed by atoms with van der Waals surface area (Å²) in [4.78, 5) is 0. The van der Waals surface area contributed by atoms with Gasteiger partial charge in [-0.25, -0.2) is 4.39 Å². The van der Waals surface area contributed by atoms with E-state index in [1.807, 2.05) is 6.07 Å². The monoisotopic (exact) mass is 357 g/mol. The number of hydrogen-bond acceptors (Lipinski definition) is 1. The third kappa shape index (κ3) is 7.96. The van der Waals surface area contributed by atoms with Crippen LogP contribution >= 0.6 is 15.9 Å². The Bertz CT molecular complexity index is 395. The van der Waals surface area contributed by atoms with Gasteiger partial charge >= 0.3 is 0 Å². The van der Waals surface area contributed by atoms with Crippen LogP contribution in [0.1, 0.15) is 64.4 Å². The molecule has 0 radical (unpaired) electrons. The summed E-state index contributed by atoms with van der Waals surface area (Å²) in [6, 6.07) is 5.61. The number of nitrogens with one attached hydrogen (secondary N) is 1. The van der Waals surface area contributed by atoms with E-state index in [9.17, 15) is 4.39 Å². The van der Waals surface area contributed by atoms with E-state index >= 15 is 0 Å². The van der Waals surface area contributed by atoms with Crippen LogP contribution in [0.3, 0.4) is 0 Å². The van der Waals surface area contributed by atoms with Crippen molar-refractivity contribution in [2.24, 2.45) is 0 Å². The Morgan fingerprint density at radius 2 is 1.86 bits per heavy atom. The van der Waals surface area contributed by atoms with Crippen molar-refractivity contribution < 1.29 is 4.39 Å². The highest BCUT2D eigenvalue weighted by Gasteiger charge is 2.12. The van der Waals surface area contributed by atoms with Gasteiger partial charge in [0, 0.05) is 10.5 Å². The minimum absolute atomic E-state index is 0.0903. The van der Waals surface area contributed by atoms with Gasteiger partial charge in [-0.1, -0.05) is 61.9 Å². The maximum Gasteiger partial charge on any atom is 0.126 e. The highest BCUT2D eigenvalue weighted by Crippen LogP contribution is 2.19. The third-order valence-electron chi connectivity index (χ3n) is 3.81. The molecule has 0 aliphatic heterocycles. The number of halogens is 2. The van der Waals surface area contributed by atoms with E-state index in [-0.39, 0.29) is 5.82 Å². The lowest BCUT2D eigenvalue weighted by Gasteiger charge is -2.19. The van der Waals surface area contributed by atoms with Crippen molar-refractivity contribution in [2.45, 2.75) is 71.3 Å². The van der Waals surface area contributed by atoms with Crippen molar-refractivity contribution in [3.05, 3.63) is 34.1 Å². The first-order valence-electron chi connectivity index (χ1n) is 8.34. The standard InChI is InChI=1S/C18H29BrFN/c1-3-5-6-7-8-9-17(21-12-4-2)14-15-13-16(19)10-11-18(15)20/h10-11,13,17,21H,3-9,12,14H2,1-2H3. The van der Waals surface area contributed by atoms with Crippen molar-refractivity contribution in [1.82, 2.24) is 5.32 Å². The summed E-state index contributed by atoms with van der Waals surface area (Å²) in [5.41, 5.74) is 0.812. The van der Waals surface area contributed by atoms with Crippen LogP contribution in [0.4, 0.5) is 4.39 Å². The Labute approximate surface area is 137 Å². The first-order valence-corrected chi connectivity index (χ1v) is 9.14. The van der Waals surface area contributed by atoms with E-state index in [0.29, 0.717) is 6.04 Å². The van der Waals surface area contributed by atoms with Crippen molar-refractivity contribution in [2.75, 3.05) is 6.54 Å². The van der Waals surface area contributed by atoms with E-state index < -0.39 is 0 Å². The van der Waals surface area contributed by atoms with E-state index in [0.717, 1.165) is 35.8 Å². The topological polar surface area (TPSA) is 12.0 Å². The lowest BCUT2D eigenvalue weighted by molar-refractivity contribution is 0.444. The maximum atomic E-state index is 13.9. The molecule has 0 spiro atoms. The zero-order chi connectivity index (χ0) is 15.5. The molecular formula is C18H29BrFN. The molecule has 1 aromatic rings. The number of rotatable bonds is 11. The molecule has 1 unspecified atom stereocenters. The Balaban J connectivity index is 2.50. The van der Waals surface area contributed by atoms with Crippen molar-refractivity contribution >= 4 is 15.9 Å². The van der Waals surface area contributed by atoms with Crippen LogP contribution in [0.25, 0.3) is 0 Å². The second-order valence-electron chi connectivity index (χ2n) is 5.79. The van der Waals surface area contributed by atoms with Crippen LogP contribution in [0.5, 0.6) is 0 Å². The number of hydrogen-bond donors (Lipinski definition) is 1. The summed E-state index contributed by atoms with van der Waals surface area (Å²) in [5, 5.41) is 3.57. The van der Waals surface area contributed by atoms with Gasteiger partial charge in [-0.3, -0.25) is 0 Å². The summed E-state index contributed by atoms with van der Waals surface area (Å²) in [7, 11) is 0. The predicted molar refractivity (Wildman–Crippen MR) is 93.3 cm³/mol. The molecule has 1 nitrogen and oxygen atoms in total. The van der Waals surface area contributed by atoms with Gasteiger partial charge < -0.3 is 5.32 Å². The molecule has 0 fully saturated rings. The molecule has 0 saturated heterocycles. The first-order chi connectivity index (χ1) is 10.2. The molecule has 1 aromatic carbocycles. The zero-order valence-corrected chi connectivity index (χ0v) is 15.0. The summed E-state index contributed by atoms with van der Waals surface area (Å²) < 4.78 is 14.8. The summed E-state index contributed by atoms with van der Waals surface area (Å²) >= 11 is 3.43. The molecule has 0 heterocycles. The Kier molecular flexibility index (Phi) is 9.94. The molecule has 0 saturated carbocycles. The minimum atomic E-state index is -0.0903. The Morgan fingerprint density at radius 3 is 2.57 bits per heavy atom. The molecule has 0 aliphatic rings. The average Bonchev–Trinajstić information content (AvgIpc) is 2.47. The minimum Gasteiger partial charge on any atom is -0.314 e. The van der Waals surface area contributed by atoms with Crippen LogP contribution in [-0.4, -0.2) is 12.6 Å². The number of benzene rings is 1. The Morgan fingerprint density at radius 1 is 1.10 bits per heavy atom. The first kappa shape index (κ1) is 18.6. The highest BCUT2D eigenvalue weighted by atomic mass is 79.9. The fraction of sp³-hybridized carbons (Fsp3) is 0.667. The quantitative estimate of drug-likeness (QED) is 0.489. The zero-order valence-electron chi connectivity index (χ0n) is 13.4. The van der Waals surface area contributed by atoms with Crippen molar-refractivity contribution in [3.63, 3.8) is 0 Å². The fourth-order valence-electron chi connectivity index (χ4n) is 2.58. The van der Waals surface area contributed by atoms with Gasteiger partial charge in [-0.05, 0) is 49.6 Å². The van der Waals surface area contributed by atoms with Gasteiger partial charge in [-0.2, -0.15) is 0 Å². The summed E-state index contributed by atoms with van der Waals surface area (Å²) in [6.45, 7) is 5.42. The molecule has 0 amide bonds. The Hall–Kier alpha value is -0.410. The van der Waals surface area contributed by atoms with E-state index in [2.05, 4.69) is 35.1 Å². The van der Waals surface area contributed by atoms with E-state index in [4.69, 9.17) is 0 Å². The molecule has 120 valence electrons. The van der Waals surface area contributed by atoms with Crippen LogP contribution < -0.4 is 5.32 Å². The molecule has 0 bridgehead atoms. The van der Waals surface area contributed by atoms with Gasteiger partial charge in [0.2, 0.25) is 0 Å². The molecule has 21 heavy (non-hydrogen) atoms. The van der Waals surface area contributed by atoms with Gasteiger partial charge in [0.05, 0.1) is 0 Å². The van der Waals surface area contributed by atoms with Gasteiger partial charge in [0.15, 0.2) is 0 Å². The average molecular weight is 358 g/mol. The second-order valence-corrected chi connectivity index (χ2v) is 6.71. The van der Waals surface area contributed by atoms with E-state index in [1.54, 1.807) is 12.1 Å². The number of unbranched alkanes of at least 4 members (excludes halogenated alkanes) is 4. The van der Waals surface area contributed by atoms with Gasteiger partial charge in [-0.15, -0.1) is 0 Å². The second kappa shape index (κ2) is 11.2. The molecular weight excluding hydrogens is 329 g/mol. The van der Waals surface area contributed by atoms with Gasteiger partial charge in [0.25, 0.3) is 0 Å². The van der Waals surface area contributed by atoms with Crippen molar-refractivity contribution in [1.29, 1.82) is 0 Å². The molecule has 0 aliphatic carbocycles. The SMILES string of the molecule is CCCCCCCC(Cc1cc(Br)ccc1F)NCCC. The van der Waals surface area contributed by atoms with E-state index in [1.165, 1.54) is 32.1 Å². The van der Waals surface area contributed by atoms with Crippen LogP contribution in [0, 0.1) is 5.82 Å². The normalized spacial score (nSPS) is 12.6. The van der Waals surface area contributed by atoms with Crippen LogP contribution in [-0.2, 0) is 6.42 Å². The van der Waals surface area contributed by atoms with Crippen LogP contribution in [0.2, 0.25) is 0 Å². The fourth-order valence-corrected chi connectivity index (χ4v) is 2.99. The predicted octanol–water partition coefficient (Wildman–Crippen LogP) is 5.86. The smallest absolute Gasteiger partial charge is 0.126 e. The lowest BCUT2D eigenvalue weighted by atomic mass is 9.99. The molecule has 1 atom stereocenters. The summed E-state index contributed by atoms with van der Waals surface area (Å²) in [5.74, 6) is -0.0903. The largest absolute Gasteiger partial charge is 0.314 e. The maximum absolute atomic E-state index is 13.9. The van der Waals surface area contributed by atoms with Crippen LogP contribution in [0.15, 0.2) is 22.7 Å². The van der Waals surface area contributed by atoms with Crippen molar-refractivity contribution in [3.8, 4) is 0 Å². The summed E-state index contributed by atoms with van der Waals surface area (Å²) in [6.07, 6.45) is 9.48. The molecule has 1 rings (SSSR count). The van der Waals surface area contributed by atoms with Gasteiger partial charge in [0.1, 0.15) is 5.82 Å². The third-order valence-corrected chi connectivity index (χ3v) is 4.31. The molecule has 1 N–H and O–H groups in total. The molecule has 3 heteroatoms. The lowest BCUT2D eigenvalue weighted by Crippen LogP contribution is -2.32. The highest BCUT2D eigenvalue weighted by molar-refractivity contribution is 9.10. The molecule has 0 aromatic heterocycles.